The summed E-state index contributed by atoms with van der Waals surface area (Å²) in [6, 6.07) is 2.93. The number of halogens is 4. The Morgan fingerprint density at radius 3 is 2.73 bits per heavy atom. The number of hydrogen-bond donors (Lipinski definition) is 1. The van der Waals surface area contributed by atoms with Crippen LogP contribution in [0.2, 0.25) is 5.02 Å². The first-order valence-electron chi connectivity index (χ1n) is 9.80. The predicted molar refractivity (Wildman–Crippen MR) is 125 cm³/mol. The number of oxazole rings is 1. The molecule has 3 heterocycles. The average molecular weight is 516 g/mol. The smallest absolute Gasteiger partial charge is 0.416 e. The summed E-state index contributed by atoms with van der Waals surface area (Å²) in [6.45, 7) is 3.52. The minimum Gasteiger partial charge on any atom is -0.436 e. The van der Waals surface area contributed by atoms with Gasteiger partial charge in [0, 0.05) is 25.7 Å². The van der Waals surface area contributed by atoms with E-state index in [-0.39, 0.29) is 28.1 Å². The van der Waals surface area contributed by atoms with E-state index < -0.39 is 11.7 Å². The second-order valence-electron chi connectivity index (χ2n) is 7.13. The lowest BCUT2D eigenvalue weighted by molar-refractivity contribution is -0.137. The van der Waals surface area contributed by atoms with Gasteiger partial charge in [0.25, 0.3) is 5.91 Å². The van der Waals surface area contributed by atoms with Gasteiger partial charge in [0.2, 0.25) is 5.89 Å². The van der Waals surface area contributed by atoms with Gasteiger partial charge in [-0.3, -0.25) is 9.69 Å². The Balaban J connectivity index is 1.70. The topological polar surface area (TPSA) is 67.6 Å². The number of carbonyl (C=O) groups excluding carboxylic acids is 1. The van der Waals surface area contributed by atoms with E-state index in [4.69, 9.17) is 33.0 Å². The van der Waals surface area contributed by atoms with Crippen molar-refractivity contribution in [2.24, 2.45) is 0 Å². The number of rotatable bonds is 5. The summed E-state index contributed by atoms with van der Waals surface area (Å²) < 4.78 is 51.0. The summed E-state index contributed by atoms with van der Waals surface area (Å²) in [5.74, 6) is -0.266. The largest absolute Gasteiger partial charge is 0.436 e. The van der Waals surface area contributed by atoms with Crippen LogP contribution in [0.5, 0.6) is 0 Å². The maximum Gasteiger partial charge on any atom is 0.416 e. The highest BCUT2D eigenvalue weighted by Gasteiger charge is 2.32. The molecule has 4 rings (SSSR count). The monoisotopic (exact) mass is 515 g/mol. The van der Waals surface area contributed by atoms with Crippen LogP contribution in [0.4, 0.5) is 13.2 Å². The van der Waals surface area contributed by atoms with Gasteiger partial charge in [0.05, 0.1) is 34.3 Å². The molecular formula is C21H17ClF3N3O3S2. The summed E-state index contributed by atoms with van der Waals surface area (Å²) >= 11 is 12.2. The lowest BCUT2D eigenvalue weighted by Gasteiger charge is -2.25. The number of nitrogens with one attached hydrogen (secondary N) is 1. The molecule has 2 aromatic rings. The maximum atomic E-state index is 13.2. The minimum atomic E-state index is -4.55. The van der Waals surface area contributed by atoms with Crippen LogP contribution in [0.15, 0.2) is 33.6 Å². The highest BCUT2D eigenvalue weighted by molar-refractivity contribution is 8.26. The summed E-state index contributed by atoms with van der Waals surface area (Å²) in [5, 5.41) is 2.56. The van der Waals surface area contributed by atoms with Crippen LogP contribution in [-0.4, -0.2) is 53.0 Å². The molecule has 0 aliphatic carbocycles. The van der Waals surface area contributed by atoms with Crippen molar-refractivity contribution >= 4 is 58.0 Å². The number of aromatic nitrogens is 1. The molecule has 0 unspecified atom stereocenters. The van der Waals surface area contributed by atoms with Crippen LogP contribution in [0, 0.1) is 0 Å². The molecule has 2 aliphatic rings. The van der Waals surface area contributed by atoms with E-state index in [2.05, 4.69) is 15.2 Å². The standard InChI is InChI=1S/C21H17ClF3N3O3S2/c22-14-4-3-12(21(23,24)25)10-13(14)19-26-15(2-1-5-28-6-8-30-9-7-28)16(31-19)11-17-18(29)27-20(32)33-17/h1-4,10-11H,5-9H2,(H,27,29,32). The van der Waals surface area contributed by atoms with Gasteiger partial charge in [-0.25, -0.2) is 4.98 Å². The molecule has 12 heteroatoms. The van der Waals surface area contributed by atoms with Crippen molar-refractivity contribution in [3.8, 4) is 11.5 Å². The fourth-order valence-electron chi connectivity index (χ4n) is 3.18. The molecule has 0 bridgehead atoms. The van der Waals surface area contributed by atoms with Gasteiger partial charge < -0.3 is 14.5 Å². The van der Waals surface area contributed by atoms with Crippen molar-refractivity contribution in [3.05, 3.63) is 51.2 Å². The van der Waals surface area contributed by atoms with Crippen molar-refractivity contribution in [2.75, 3.05) is 32.8 Å². The van der Waals surface area contributed by atoms with E-state index in [1.807, 2.05) is 6.08 Å². The number of thioether (sulfide) groups is 1. The zero-order valence-corrected chi connectivity index (χ0v) is 19.3. The summed E-state index contributed by atoms with van der Waals surface area (Å²) in [4.78, 5) is 18.9. The Morgan fingerprint density at radius 2 is 2.06 bits per heavy atom. The van der Waals surface area contributed by atoms with Gasteiger partial charge in [-0.1, -0.05) is 41.7 Å². The van der Waals surface area contributed by atoms with Crippen LogP contribution >= 0.6 is 35.6 Å². The maximum absolute atomic E-state index is 13.2. The summed E-state index contributed by atoms with van der Waals surface area (Å²) in [6.07, 6.45) is 0.485. The molecule has 2 aliphatic heterocycles. The lowest BCUT2D eigenvalue weighted by atomic mass is 10.1. The van der Waals surface area contributed by atoms with Crippen molar-refractivity contribution in [1.29, 1.82) is 0 Å². The molecular weight excluding hydrogens is 499 g/mol. The van der Waals surface area contributed by atoms with Crippen LogP contribution in [0.1, 0.15) is 17.0 Å². The molecule has 174 valence electrons. The molecule has 0 saturated carbocycles. The Bertz CT molecular complexity index is 1140. The molecule has 2 saturated heterocycles. The summed E-state index contributed by atoms with van der Waals surface area (Å²) in [5.41, 5.74) is -0.524. The Morgan fingerprint density at radius 1 is 1.30 bits per heavy atom. The highest BCUT2D eigenvalue weighted by atomic mass is 35.5. The number of thiocarbonyl (C=S) groups is 1. The second-order valence-corrected chi connectivity index (χ2v) is 9.25. The van der Waals surface area contributed by atoms with E-state index in [9.17, 15) is 18.0 Å². The van der Waals surface area contributed by atoms with E-state index in [0.717, 1.165) is 43.1 Å². The Hall–Kier alpha value is -2.18. The van der Waals surface area contributed by atoms with Gasteiger partial charge >= 0.3 is 6.18 Å². The normalized spacial score (nSPS) is 19.1. The van der Waals surface area contributed by atoms with Crippen LogP contribution in [0.3, 0.4) is 0 Å². The van der Waals surface area contributed by atoms with Crippen molar-refractivity contribution in [3.63, 3.8) is 0 Å². The minimum absolute atomic E-state index is 0.00183. The molecule has 1 N–H and O–H groups in total. The highest BCUT2D eigenvalue weighted by Crippen LogP contribution is 2.37. The number of amides is 1. The average Bonchev–Trinajstić information content (AvgIpc) is 3.30. The van der Waals surface area contributed by atoms with E-state index in [0.29, 0.717) is 34.7 Å². The van der Waals surface area contributed by atoms with E-state index >= 15 is 0 Å². The predicted octanol–water partition coefficient (Wildman–Crippen LogP) is 4.85. The lowest BCUT2D eigenvalue weighted by Crippen LogP contribution is -2.36. The Labute approximate surface area is 201 Å². The van der Waals surface area contributed by atoms with Crippen molar-refractivity contribution in [1.82, 2.24) is 15.2 Å². The van der Waals surface area contributed by atoms with Gasteiger partial charge in [-0.15, -0.1) is 0 Å². The number of morpholine rings is 1. The number of benzene rings is 1. The fourth-order valence-corrected chi connectivity index (χ4v) is 4.40. The van der Waals surface area contributed by atoms with Crippen molar-refractivity contribution < 1.29 is 27.1 Å². The molecule has 1 aromatic carbocycles. The van der Waals surface area contributed by atoms with Gasteiger partial charge in [-0.05, 0) is 24.3 Å². The molecule has 33 heavy (non-hydrogen) atoms. The second kappa shape index (κ2) is 9.98. The SMILES string of the molecule is O=C1NC(=S)SC1=Cc1oc(-c2cc(C(F)(F)F)ccc2Cl)nc1C=CCN1CCOCC1. The third-order valence-corrected chi connectivity index (χ3v) is 6.34. The molecule has 0 radical (unpaired) electrons. The van der Waals surface area contributed by atoms with Gasteiger partial charge in [0.1, 0.15) is 10.0 Å². The first kappa shape index (κ1) is 24.0. The molecule has 2 fully saturated rings. The molecule has 0 atom stereocenters. The zero-order valence-electron chi connectivity index (χ0n) is 16.9. The molecule has 1 aromatic heterocycles. The first-order valence-corrected chi connectivity index (χ1v) is 11.4. The van der Waals surface area contributed by atoms with Gasteiger partial charge in [0.15, 0.2) is 5.76 Å². The van der Waals surface area contributed by atoms with Crippen LogP contribution in [-0.2, 0) is 15.7 Å². The Kier molecular flexibility index (Phi) is 7.25. The fraction of sp³-hybridized carbons (Fsp3) is 0.286. The number of nitrogens with zero attached hydrogens (tertiary/aromatic N) is 2. The molecule has 0 spiro atoms. The number of alkyl halides is 3. The van der Waals surface area contributed by atoms with Crippen LogP contribution in [0.25, 0.3) is 23.6 Å². The molecule has 1 amide bonds. The third kappa shape index (κ3) is 5.85. The van der Waals surface area contributed by atoms with Gasteiger partial charge in [-0.2, -0.15) is 13.2 Å². The van der Waals surface area contributed by atoms with E-state index in [1.54, 1.807) is 6.08 Å². The molecule has 6 nitrogen and oxygen atoms in total. The first-order chi connectivity index (χ1) is 15.7. The number of ether oxygens (including phenoxy) is 1. The van der Waals surface area contributed by atoms with Crippen LogP contribution < -0.4 is 5.32 Å². The zero-order chi connectivity index (χ0) is 23.6. The number of carbonyl (C=O) groups is 1. The summed E-state index contributed by atoms with van der Waals surface area (Å²) in [7, 11) is 0. The quantitative estimate of drug-likeness (QED) is 0.451. The third-order valence-electron chi connectivity index (χ3n) is 4.85. The van der Waals surface area contributed by atoms with Crippen molar-refractivity contribution in [2.45, 2.75) is 6.18 Å². The number of hydrogen-bond acceptors (Lipinski definition) is 7. The van der Waals surface area contributed by atoms with E-state index in [1.165, 1.54) is 6.08 Å².